The van der Waals surface area contributed by atoms with Crippen molar-refractivity contribution in [3.8, 4) is 0 Å². The quantitative estimate of drug-likeness (QED) is 0.629. The van der Waals surface area contributed by atoms with Crippen LogP contribution in [0.15, 0.2) is 6.20 Å². The summed E-state index contributed by atoms with van der Waals surface area (Å²) in [5.74, 6) is -0.697. The molecule has 2 amide bonds. The Morgan fingerprint density at radius 1 is 1.32 bits per heavy atom. The summed E-state index contributed by atoms with van der Waals surface area (Å²) in [6, 6.07) is 0. The van der Waals surface area contributed by atoms with Crippen LogP contribution in [-0.4, -0.2) is 32.3 Å². The molecule has 0 aliphatic carbocycles. The summed E-state index contributed by atoms with van der Waals surface area (Å²) < 4.78 is 1.41. The molecule has 1 aromatic heterocycles. The van der Waals surface area contributed by atoms with Crippen molar-refractivity contribution in [2.75, 3.05) is 0 Å². The van der Waals surface area contributed by atoms with Gasteiger partial charge in [0.25, 0.3) is 5.91 Å². The number of amides is 2. The first-order valence-electron chi connectivity index (χ1n) is 5.96. The van der Waals surface area contributed by atoms with E-state index in [1.165, 1.54) is 11.6 Å². The maximum Gasteiger partial charge on any atom is 0.260 e. The first-order chi connectivity index (χ1) is 8.76. The highest BCUT2D eigenvalue weighted by atomic mass is 16.2. The second-order valence-electron chi connectivity index (χ2n) is 5.24. The van der Waals surface area contributed by atoms with Gasteiger partial charge in [0.05, 0.1) is 11.9 Å². The Bertz CT molecular complexity index is 448. The molecule has 0 saturated heterocycles. The van der Waals surface area contributed by atoms with E-state index in [0.717, 1.165) is 5.69 Å². The molecule has 0 aliphatic rings. The van der Waals surface area contributed by atoms with E-state index in [1.807, 2.05) is 0 Å². The highest BCUT2D eigenvalue weighted by Gasteiger charge is 2.11. The maximum absolute atomic E-state index is 11.4. The van der Waals surface area contributed by atoms with Crippen LogP contribution in [0.5, 0.6) is 0 Å². The molecule has 0 fully saturated rings. The van der Waals surface area contributed by atoms with E-state index in [9.17, 15) is 9.59 Å². The zero-order chi connectivity index (χ0) is 14.5. The lowest BCUT2D eigenvalue weighted by atomic mass is 10.1. The molecule has 0 spiro atoms. The van der Waals surface area contributed by atoms with Crippen LogP contribution in [0.4, 0.5) is 0 Å². The molecule has 0 aromatic carbocycles. The topological polar surface area (TPSA) is 101 Å². The second kappa shape index (κ2) is 6.28. The Labute approximate surface area is 111 Å². The minimum atomic E-state index is -0.365. The first kappa shape index (κ1) is 15.1. The minimum absolute atomic E-state index is 0.00278. The van der Waals surface area contributed by atoms with E-state index in [-0.39, 0.29) is 23.9 Å². The van der Waals surface area contributed by atoms with Gasteiger partial charge in [0.1, 0.15) is 6.54 Å². The van der Waals surface area contributed by atoms with E-state index >= 15 is 0 Å². The molecule has 106 valence electrons. The average molecular weight is 268 g/mol. The van der Waals surface area contributed by atoms with Gasteiger partial charge in [-0.25, -0.2) is 4.68 Å². The van der Waals surface area contributed by atoms with E-state index in [1.54, 1.807) is 6.20 Å². The number of carbonyl (C=O) groups is 2. The largest absolute Gasteiger partial charge is 0.306 e. The smallest absolute Gasteiger partial charge is 0.260 e. The van der Waals surface area contributed by atoms with Crippen LogP contribution in [0, 0.1) is 0 Å². The van der Waals surface area contributed by atoms with Crippen molar-refractivity contribution >= 4 is 11.8 Å². The van der Waals surface area contributed by atoms with Crippen LogP contribution in [0.2, 0.25) is 0 Å². The van der Waals surface area contributed by atoms with Gasteiger partial charge in [0, 0.05) is 19.0 Å². The average Bonchev–Trinajstić information content (AvgIpc) is 2.70. The SMILES string of the molecule is CC(=O)NNC(=O)Cn1cc(CNC(C)(C)C)nn1. The van der Waals surface area contributed by atoms with Crippen molar-refractivity contribution in [3.63, 3.8) is 0 Å². The predicted octanol–water partition coefficient (Wildman–Crippen LogP) is -0.666. The van der Waals surface area contributed by atoms with Gasteiger partial charge in [0.2, 0.25) is 5.91 Å². The van der Waals surface area contributed by atoms with Gasteiger partial charge >= 0.3 is 0 Å². The Kier molecular flexibility index (Phi) is 4.99. The third kappa shape index (κ3) is 6.51. The molecule has 1 heterocycles. The number of hydrogen-bond acceptors (Lipinski definition) is 5. The van der Waals surface area contributed by atoms with Crippen molar-refractivity contribution in [2.24, 2.45) is 0 Å². The molecule has 0 aliphatic heterocycles. The van der Waals surface area contributed by atoms with Crippen molar-refractivity contribution in [3.05, 3.63) is 11.9 Å². The summed E-state index contributed by atoms with van der Waals surface area (Å²) in [6.45, 7) is 8.06. The molecule has 1 rings (SSSR count). The second-order valence-corrected chi connectivity index (χ2v) is 5.24. The zero-order valence-corrected chi connectivity index (χ0v) is 11.6. The van der Waals surface area contributed by atoms with E-state index in [0.29, 0.717) is 6.54 Å². The Morgan fingerprint density at radius 3 is 2.58 bits per heavy atom. The highest BCUT2D eigenvalue weighted by Crippen LogP contribution is 2.01. The summed E-state index contributed by atoms with van der Waals surface area (Å²) >= 11 is 0. The lowest BCUT2D eigenvalue weighted by Crippen LogP contribution is -2.42. The Balaban J connectivity index is 2.42. The fourth-order valence-corrected chi connectivity index (χ4v) is 1.20. The Morgan fingerprint density at radius 2 is 2.00 bits per heavy atom. The van der Waals surface area contributed by atoms with Crippen molar-refractivity contribution in [1.82, 2.24) is 31.2 Å². The molecule has 1 aromatic rings. The summed E-state index contributed by atoms with van der Waals surface area (Å²) in [4.78, 5) is 22.0. The van der Waals surface area contributed by atoms with E-state index in [2.05, 4.69) is 47.3 Å². The van der Waals surface area contributed by atoms with Gasteiger partial charge in [0.15, 0.2) is 0 Å². The molecule has 0 unspecified atom stereocenters. The number of nitrogens with one attached hydrogen (secondary N) is 3. The Hall–Kier alpha value is -1.96. The lowest BCUT2D eigenvalue weighted by molar-refractivity contribution is -0.128. The monoisotopic (exact) mass is 268 g/mol. The summed E-state index contributed by atoms with van der Waals surface area (Å²) in [7, 11) is 0. The molecule has 3 N–H and O–H groups in total. The van der Waals surface area contributed by atoms with Gasteiger partial charge in [-0.1, -0.05) is 5.21 Å². The lowest BCUT2D eigenvalue weighted by Gasteiger charge is -2.19. The fourth-order valence-electron chi connectivity index (χ4n) is 1.20. The molecular formula is C11H20N6O2. The normalized spacial score (nSPS) is 11.2. The van der Waals surface area contributed by atoms with Crippen molar-refractivity contribution < 1.29 is 9.59 Å². The number of hydrogen-bond donors (Lipinski definition) is 3. The highest BCUT2D eigenvalue weighted by molar-refractivity contribution is 5.80. The minimum Gasteiger partial charge on any atom is -0.306 e. The summed E-state index contributed by atoms with van der Waals surface area (Å²) in [5, 5.41) is 11.1. The third-order valence-electron chi connectivity index (χ3n) is 2.07. The van der Waals surface area contributed by atoms with E-state index < -0.39 is 0 Å². The van der Waals surface area contributed by atoms with Crippen molar-refractivity contribution in [1.29, 1.82) is 0 Å². The van der Waals surface area contributed by atoms with E-state index in [4.69, 9.17) is 0 Å². The molecule has 0 bridgehead atoms. The number of carbonyl (C=O) groups excluding carboxylic acids is 2. The van der Waals surface area contributed by atoms with Crippen LogP contribution >= 0.6 is 0 Å². The molecule has 0 radical (unpaired) electrons. The third-order valence-corrected chi connectivity index (χ3v) is 2.07. The van der Waals surface area contributed by atoms with Crippen LogP contribution < -0.4 is 16.2 Å². The van der Waals surface area contributed by atoms with Gasteiger partial charge in [-0.05, 0) is 20.8 Å². The fraction of sp³-hybridized carbons (Fsp3) is 0.636. The molecule has 8 heteroatoms. The molecule has 8 nitrogen and oxygen atoms in total. The predicted molar refractivity (Wildman–Crippen MR) is 68.6 cm³/mol. The number of aromatic nitrogens is 3. The molecule has 0 atom stereocenters. The standard InChI is InChI=1S/C11H20N6O2/c1-8(18)13-15-10(19)7-17-6-9(14-16-17)5-12-11(2,3)4/h6,12H,5,7H2,1-4H3,(H,13,18)(H,15,19). The number of rotatable bonds is 4. The number of hydrazine groups is 1. The first-order valence-corrected chi connectivity index (χ1v) is 5.96. The summed E-state index contributed by atoms with van der Waals surface area (Å²) in [6.07, 6.45) is 1.69. The molecular weight excluding hydrogens is 248 g/mol. The van der Waals surface area contributed by atoms with Gasteiger partial charge < -0.3 is 5.32 Å². The summed E-state index contributed by atoms with van der Waals surface area (Å²) in [5.41, 5.74) is 5.20. The van der Waals surface area contributed by atoms with Gasteiger partial charge in [-0.2, -0.15) is 0 Å². The van der Waals surface area contributed by atoms with Crippen LogP contribution in [0.25, 0.3) is 0 Å². The zero-order valence-electron chi connectivity index (χ0n) is 11.6. The van der Waals surface area contributed by atoms with Crippen molar-refractivity contribution in [2.45, 2.75) is 46.3 Å². The van der Waals surface area contributed by atoms with Gasteiger partial charge in [-0.3, -0.25) is 20.4 Å². The van der Waals surface area contributed by atoms with Crippen LogP contribution in [-0.2, 0) is 22.7 Å². The molecule has 0 saturated carbocycles. The molecule has 19 heavy (non-hydrogen) atoms. The van der Waals surface area contributed by atoms with Crippen LogP contribution in [0.1, 0.15) is 33.4 Å². The number of nitrogens with zero attached hydrogens (tertiary/aromatic N) is 3. The van der Waals surface area contributed by atoms with Gasteiger partial charge in [-0.15, -0.1) is 5.10 Å². The maximum atomic E-state index is 11.4. The van der Waals surface area contributed by atoms with Crippen LogP contribution in [0.3, 0.4) is 0 Å².